The fourth-order valence-corrected chi connectivity index (χ4v) is 1.49. The molecule has 2 heterocycles. The number of rotatable bonds is 3. The van der Waals surface area contributed by atoms with Crippen LogP contribution in [0.2, 0.25) is 0 Å². The number of thiazole rings is 1. The van der Waals surface area contributed by atoms with Gasteiger partial charge in [0.2, 0.25) is 0 Å². The molecule has 2 aromatic heterocycles. The van der Waals surface area contributed by atoms with E-state index < -0.39 is 5.97 Å². The minimum Gasteiger partial charge on any atom is -0.478 e. The van der Waals surface area contributed by atoms with Gasteiger partial charge in [0.05, 0.1) is 6.20 Å². The fourth-order valence-electron chi connectivity index (χ4n) is 0.993. The van der Waals surface area contributed by atoms with Crippen LogP contribution in [0.4, 0.5) is 0 Å². The van der Waals surface area contributed by atoms with Crippen molar-refractivity contribution in [3.63, 3.8) is 0 Å². The van der Waals surface area contributed by atoms with Crippen molar-refractivity contribution in [3.05, 3.63) is 35.6 Å². The molecule has 0 atom stereocenters. The van der Waals surface area contributed by atoms with E-state index in [0.29, 0.717) is 5.19 Å². The highest BCUT2D eigenvalue weighted by molar-refractivity contribution is 7.11. The minimum atomic E-state index is -1.05. The van der Waals surface area contributed by atoms with Gasteiger partial charge in [-0.15, -0.1) is 0 Å². The van der Waals surface area contributed by atoms with Gasteiger partial charge in [0.1, 0.15) is 5.56 Å². The average molecular weight is 222 g/mol. The Hall–Kier alpha value is -1.95. The van der Waals surface area contributed by atoms with Crippen molar-refractivity contribution >= 4 is 17.3 Å². The maximum absolute atomic E-state index is 10.8. The van der Waals surface area contributed by atoms with Gasteiger partial charge in [-0.1, -0.05) is 11.3 Å². The first-order valence-electron chi connectivity index (χ1n) is 4.02. The summed E-state index contributed by atoms with van der Waals surface area (Å²) in [6.45, 7) is 0. The topological polar surface area (TPSA) is 72.3 Å². The molecule has 5 nitrogen and oxygen atoms in total. The van der Waals surface area contributed by atoms with Gasteiger partial charge in [-0.05, 0) is 6.07 Å². The third kappa shape index (κ3) is 2.10. The molecule has 0 fully saturated rings. The molecule has 0 unspecified atom stereocenters. The summed E-state index contributed by atoms with van der Waals surface area (Å²) in [4.78, 5) is 18.5. The summed E-state index contributed by atoms with van der Waals surface area (Å²) in [6, 6.07) is 1.38. The quantitative estimate of drug-likeness (QED) is 0.860. The van der Waals surface area contributed by atoms with Crippen LogP contribution in [0.25, 0.3) is 0 Å². The molecule has 0 aliphatic carbocycles. The Morgan fingerprint density at radius 1 is 1.47 bits per heavy atom. The van der Waals surface area contributed by atoms with Crippen molar-refractivity contribution in [2.45, 2.75) is 0 Å². The lowest BCUT2D eigenvalue weighted by atomic mass is 10.2. The number of aromatic carboxylic acids is 1. The minimum absolute atomic E-state index is 0.0696. The van der Waals surface area contributed by atoms with Crippen LogP contribution in [0.15, 0.2) is 30.0 Å². The molecule has 0 aliphatic rings. The number of hydrogen-bond acceptors (Lipinski definition) is 5. The Labute approximate surface area is 89.0 Å². The van der Waals surface area contributed by atoms with E-state index in [9.17, 15) is 4.79 Å². The predicted octanol–water partition coefficient (Wildman–Crippen LogP) is 2.03. The highest BCUT2D eigenvalue weighted by atomic mass is 32.1. The number of nitrogens with zero attached hydrogens (tertiary/aromatic N) is 2. The second-order valence-electron chi connectivity index (χ2n) is 2.58. The van der Waals surface area contributed by atoms with Crippen LogP contribution in [0.3, 0.4) is 0 Å². The Balaban J connectivity index is 2.32. The van der Waals surface area contributed by atoms with Crippen LogP contribution in [-0.2, 0) is 0 Å². The SMILES string of the molecule is O=C(O)c1ccncc1Oc1nccs1. The highest BCUT2D eigenvalue weighted by Crippen LogP contribution is 2.25. The van der Waals surface area contributed by atoms with Crippen LogP contribution < -0.4 is 4.74 Å². The number of carboxylic acids is 1. The van der Waals surface area contributed by atoms with Crippen LogP contribution in [0.5, 0.6) is 10.9 Å². The van der Waals surface area contributed by atoms with E-state index in [1.165, 1.54) is 29.8 Å². The van der Waals surface area contributed by atoms with Gasteiger partial charge in [0.25, 0.3) is 5.19 Å². The highest BCUT2D eigenvalue weighted by Gasteiger charge is 2.12. The third-order valence-electron chi connectivity index (χ3n) is 1.62. The first-order chi connectivity index (χ1) is 7.27. The lowest BCUT2D eigenvalue weighted by Crippen LogP contribution is -2.00. The summed E-state index contributed by atoms with van der Waals surface area (Å²) in [7, 11) is 0. The second kappa shape index (κ2) is 4.05. The number of aromatic nitrogens is 2. The van der Waals surface area contributed by atoms with E-state index in [1.54, 1.807) is 11.6 Å². The van der Waals surface area contributed by atoms with E-state index in [4.69, 9.17) is 9.84 Å². The zero-order valence-electron chi connectivity index (χ0n) is 7.45. The lowest BCUT2D eigenvalue weighted by Gasteiger charge is -2.03. The van der Waals surface area contributed by atoms with Crippen LogP contribution in [0, 0.1) is 0 Å². The molecule has 0 bridgehead atoms. The molecule has 0 saturated heterocycles. The number of carbonyl (C=O) groups is 1. The summed E-state index contributed by atoms with van der Waals surface area (Å²) in [6.07, 6.45) is 4.33. The first kappa shape index (κ1) is 9.60. The molecule has 1 N–H and O–H groups in total. The molecule has 6 heteroatoms. The molecule has 0 spiro atoms. The van der Waals surface area contributed by atoms with Gasteiger partial charge < -0.3 is 9.84 Å². The van der Waals surface area contributed by atoms with E-state index >= 15 is 0 Å². The van der Waals surface area contributed by atoms with Gasteiger partial charge in [-0.3, -0.25) is 4.98 Å². The van der Waals surface area contributed by atoms with E-state index in [1.807, 2.05) is 0 Å². The largest absolute Gasteiger partial charge is 0.478 e. The molecule has 0 saturated carbocycles. The smallest absolute Gasteiger partial charge is 0.339 e. The van der Waals surface area contributed by atoms with Crippen molar-refractivity contribution in [3.8, 4) is 10.9 Å². The molecule has 2 aromatic rings. The van der Waals surface area contributed by atoms with Crippen molar-refractivity contribution < 1.29 is 14.6 Å². The third-order valence-corrected chi connectivity index (χ3v) is 2.27. The van der Waals surface area contributed by atoms with E-state index in [0.717, 1.165) is 0 Å². The maximum Gasteiger partial charge on any atom is 0.339 e. The Morgan fingerprint density at radius 3 is 3.00 bits per heavy atom. The molecule has 0 aromatic carbocycles. The number of ether oxygens (including phenoxy) is 1. The standard InChI is InChI=1S/C9H6N2O3S/c12-8(13)6-1-2-10-5-7(6)14-9-11-3-4-15-9/h1-5H,(H,12,13). The van der Waals surface area contributed by atoms with E-state index in [-0.39, 0.29) is 11.3 Å². The fraction of sp³-hybridized carbons (Fsp3) is 0. The number of carboxylic acid groups (broad SMARTS) is 1. The average Bonchev–Trinajstić information content (AvgIpc) is 2.71. The Morgan fingerprint density at radius 2 is 2.33 bits per heavy atom. The van der Waals surface area contributed by atoms with Crippen LogP contribution in [0.1, 0.15) is 10.4 Å². The number of pyridine rings is 1. The summed E-state index contributed by atoms with van der Waals surface area (Å²) < 4.78 is 5.27. The monoisotopic (exact) mass is 222 g/mol. The summed E-state index contributed by atoms with van der Waals surface area (Å²) >= 11 is 1.28. The van der Waals surface area contributed by atoms with Gasteiger partial charge in [-0.25, -0.2) is 9.78 Å². The summed E-state index contributed by atoms with van der Waals surface area (Å²) in [5.41, 5.74) is 0.0696. The van der Waals surface area contributed by atoms with Crippen molar-refractivity contribution in [1.82, 2.24) is 9.97 Å². The molecule has 15 heavy (non-hydrogen) atoms. The van der Waals surface area contributed by atoms with Gasteiger partial charge in [0.15, 0.2) is 5.75 Å². The van der Waals surface area contributed by atoms with Gasteiger partial charge in [-0.2, -0.15) is 0 Å². The van der Waals surface area contributed by atoms with Crippen molar-refractivity contribution in [2.24, 2.45) is 0 Å². The summed E-state index contributed by atoms with van der Waals surface area (Å²) in [5, 5.41) is 11.0. The maximum atomic E-state index is 10.8. The molecule has 0 amide bonds. The van der Waals surface area contributed by atoms with Gasteiger partial charge >= 0.3 is 5.97 Å². The Bertz CT molecular complexity index is 470. The van der Waals surface area contributed by atoms with Crippen LogP contribution >= 0.6 is 11.3 Å². The predicted molar refractivity (Wildman–Crippen MR) is 53.4 cm³/mol. The molecule has 76 valence electrons. The molecular weight excluding hydrogens is 216 g/mol. The zero-order valence-corrected chi connectivity index (χ0v) is 8.27. The van der Waals surface area contributed by atoms with Gasteiger partial charge in [0, 0.05) is 17.8 Å². The molecular formula is C9H6N2O3S. The van der Waals surface area contributed by atoms with E-state index in [2.05, 4.69) is 9.97 Å². The normalized spacial score (nSPS) is 9.87. The lowest BCUT2D eigenvalue weighted by molar-refractivity contribution is 0.0694. The second-order valence-corrected chi connectivity index (χ2v) is 3.43. The van der Waals surface area contributed by atoms with Crippen molar-refractivity contribution in [2.75, 3.05) is 0 Å². The first-order valence-corrected chi connectivity index (χ1v) is 4.90. The molecule has 0 radical (unpaired) electrons. The molecule has 0 aliphatic heterocycles. The van der Waals surface area contributed by atoms with Crippen molar-refractivity contribution in [1.29, 1.82) is 0 Å². The number of hydrogen-bond donors (Lipinski definition) is 1. The van der Waals surface area contributed by atoms with Crippen LogP contribution in [-0.4, -0.2) is 21.0 Å². The molecule has 2 rings (SSSR count). The Kier molecular flexibility index (Phi) is 2.59. The zero-order chi connectivity index (χ0) is 10.7. The summed E-state index contributed by atoms with van der Waals surface area (Å²) in [5.74, 6) is -0.857.